The van der Waals surface area contributed by atoms with E-state index < -0.39 is 0 Å². The first-order chi connectivity index (χ1) is 9.26. The van der Waals surface area contributed by atoms with Gasteiger partial charge < -0.3 is 19.5 Å². The highest BCUT2D eigenvalue weighted by Crippen LogP contribution is 2.45. The van der Waals surface area contributed by atoms with Crippen molar-refractivity contribution in [3.05, 3.63) is 23.8 Å². The van der Waals surface area contributed by atoms with Crippen molar-refractivity contribution in [2.45, 2.75) is 31.0 Å². The Bertz CT molecular complexity index is 455. The minimum atomic E-state index is -0.0620. The molecule has 1 fully saturated rings. The molecule has 1 unspecified atom stereocenters. The van der Waals surface area contributed by atoms with E-state index in [2.05, 4.69) is 5.32 Å². The molecule has 1 atom stereocenters. The van der Waals surface area contributed by atoms with E-state index in [-0.39, 0.29) is 11.7 Å². The van der Waals surface area contributed by atoms with E-state index in [1.807, 2.05) is 18.2 Å². The van der Waals surface area contributed by atoms with Crippen LogP contribution >= 0.6 is 0 Å². The smallest absolute Gasteiger partial charge is 0.126 e. The maximum atomic E-state index is 6.32. The number of fused-ring (bicyclic) bond motifs is 1. The second kappa shape index (κ2) is 5.02. The molecule has 1 spiro atoms. The van der Waals surface area contributed by atoms with Gasteiger partial charge in [0.2, 0.25) is 0 Å². The number of piperidine rings is 1. The monoisotopic (exact) mass is 263 g/mol. The van der Waals surface area contributed by atoms with Crippen LogP contribution in [0.5, 0.6) is 11.5 Å². The van der Waals surface area contributed by atoms with Gasteiger partial charge in [0.15, 0.2) is 0 Å². The summed E-state index contributed by atoms with van der Waals surface area (Å²) >= 11 is 0. The molecule has 0 aromatic heterocycles. The van der Waals surface area contributed by atoms with E-state index in [9.17, 15) is 0 Å². The van der Waals surface area contributed by atoms with Crippen LogP contribution in [0.4, 0.5) is 0 Å². The van der Waals surface area contributed by atoms with Crippen LogP contribution in [0.25, 0.3) is 0 Å². The molecule has 3 rings (SSSR count). The molecular formula is C15H21NO3. The normalized spacial score (nSPS) is 24.6. The number of ether oxygens (including phenoxy) is 3. The van der Waals surface area contributed by atoms with Gasteiger partial charge in [-0.2, -0.15) is 0 Å². The predicted octanol–water partition coefficient (Wildman–Crippen LogP) is 2.29. The molecule has 1 aromatic carbocycles. The highest BCUT2D eigenvalue weighted by Gasteiger charge is 2.42. The van der Waals surface area contributed by atoms with Gasteiger partial charge >= 0.3 is 0 Å². The molecule has 2 heterocycles. The van der Waals surface area contributed by atoms with Crippen molar-refractivity contribution in [2.75, 3.05) is 27.3 Å². The fourth-order valence-electron chi connectivity index (χ4n) is 3.12. The van der Waals surface area contributed by atoms with Crippen LogP contribution in [0.1, 0.15) is 30.9 Å². The summed E-state index contributed by atoms with van der Waals surface area (Å²) in [6, 6.07) is 5.98. The zero-order chi connectivity index (χ0) is 13.3. The summed E-state index contributed by atoms with van der Waals surface area (Å²) < 4.78 is 17.3. The lowest BCUT2D eigenvalue weighted by Crippen LogP contribution is -2.49. The SMILES string of the molecule is COc1ccc2c(c1)C(OC)CC1(CCNCC1)O2. The molecule has 4 heteroatoms. The van der Waals surface area contributed by atoms with E-state index in [1.54, 1.807) is 14.2 Å². The maximum absolute atomic E-state index is 6.32. The maximum Gasteiger partial charge on any atom is 0.126 e. The van der Waals surface area contributed by atoms with Crippen molar-refractivity contribution >= 4 is 0 Å². The van der Waals surface area contributed by atoms with Crippen LogP contribution in [-0.2, 0) is 4.74 Å². The zero-order valence-electron chi connectivity index (χ0n) is 11.6. The molecule has 1 N–H and O–H groups in total. The zero-order valence-corrected chi connectivity index (χ0v) is 11.6. The Morgan fingerprint density at radius 3 is 2.74 bits per heavy atom. The minimum absolute atomic E-state index is 0.0620. The highest BCUT2D eigenvalue weighted by atomic mass is 16.5. The highest BCUT2D eigenvalue weighted by molar-refractivity contribution is 5.44. The molecule has 1 aromatic rings. The lowest BCUT2D eigenvalue weighted by molar-refractivity contribution is -0.0480. The van der Waals surface area contributed by atoms with E-state index in [1.165, 1.54) is 0 Å². The standard InChI is InChI=1S/C15H21NO3/c1-17-11-3-4-13-12(9-11)14(18-2)10-15(19-13)5-7-16-8-6-15/h3-4,9,14,16H,5-8,10H2,1-2H3. The first-order valence-corrected chi connectivity index (χ1v) is 6.87. The Labute approximate surface area is 114 Å². The summed E-state index contributed by atoms with van der Waals surface area (Å²) in [6.45, 7) is 2.03. The number of methoxy groups -OCH3 is 2. The van der Waals surface area contributed by atoms with Crippen molar-refractivity contribution in [1.29, 1.82) is 0 Å². The van der Waals surface area contributed by atoms with E-state index in [4.69, 9.17) is 14.2 Å². The average molecular weight is 263 g/mol. The molecule has 4 nitrogen and oxygen atoms in total. The van der Waals surface area contributed by atoms with Crippen molar-refractivity contribution in [1.82, 2.24) is 5.32 Å². The molecule has 1 saturated heterocycles. The van der Waals surface area contributed by atoms with Gasteiger partial charge in [-0.05, 0) is 44.1 Å². The van der Waals surface area contributed by atoms with Crippen LogP contribution in [0, 0.1) is 0 Å². The summed E-state index contributed by atoms with van der Waals surface area (Å²) in [7, 11) is 3.45. The Morgan fingerprint density at radius 1 is 1.26 bits per heavy atom. The Kier molecular flexibility index (Phi) is 3.37. The molecule has 19 heavy (non-hydrogen) atoms. The summed E-state index contributed by atoms with van der Waals surface area (Å²) in [6.07, 6.45) is 3.10. The van der Waals surface area contributed by atoms with E-state index in [0.29, 0.717) is 0 Å². The van der Waals surface area contributed by atoms with Gasteiger partial charge in [0, 0.05) is 19.1 Å². The molecule has 2 aliphatic heterocycles. The van der Waals surface area contributed by atoms with Crippen LogP contribution in [0.15, 0.2) is 18.2 Å². The molecule has 2 aliphatic rings. The van der Waals surface area contributed by atoms with Crippen LogP contribution in [0.3, 0.4) is 0 Å². The minimum Gasteiger partial charge on any atom is -0.497 e. The fraction of sp³-hybridized carbons (Fsp3) is 0.600. The molecule has 104 valence electrons. The number of benzene rings is 1. The first-order valence-electron chi connectivity index (χ1n) is 6.87. The van der Waals surface area contributed by atoms with Gasteiger partial charge in [0.05, 0.1) is 13.2 Å². The van der Waals surface area contributed by atoms with Gasteiger partial charge in [0.25, 0.3) is 0 Å². The molecule has 0 bridgehead atoms. The lowest BCUT2D eigenvalue weighted by Gasteiger charge is -2.44. The Hall–Kier alpha value is -1.26. The Morgan fingerprint density at radius 2 is 2.05 bits per heavy atom. The van der Waals surface area contributed by atoms with E-state index >= 15 is 0 Å². The topological polar surface area (TPSA) is 39.7 Å². The third-order valence-electron chi connectivity index (χ3n) is 4.25. The quantitative estimate of drug-likeness (QED) is 0.888. The molecule has 0 saturated carbocycles. The summed E-state index contributed by atoms with van der Waals surface area (Å²) in [5.74, 6) is 1.80. The summed E-state index contributed by atoms with van der Waals surface area (Å²) in [5, 5.41) is 3.39. The van der Waals surface area contributed by atoms with Crippen molar-refractivity contribution in [2.24, 2.45) is 0 Å². The third kappa shape index (κ3) is 2.30. The van der Waals surface area contributed by atoms with Crippen LogP contribution in [-0.4, -0.2) is 32.9 Å². The first kappa shape index (κ1) is 12.8. The average Bonchev–Trinajstić information content (AvgIpc) is 2.47. The second-order valence-corrected chi connectivity index (χ2v) is 5.37. The van der Waals surface area contributed by atoms with Crippen LogP contribution < -0.4 is 14.8 Å². The third-order valence-corrected chi connectivity index (χ3v) is 4.25. The number of hydrogen-bond acceptors (Lipinski definition) is 4. The predicted molar refractivity (Wildman–Crippen MR) is 72.8 cm³/mol. The van der Waals surface area contributed by atoms with Crippen molar-refractivity contribution in [3.8, 4) is 11.5 Å². The van der Waals surface area contributed by atoms with Crippen molar-refractivity contribution in [3.63, 3.8) is 0 Å². The van der Waals surface area contributed by atoms with Gasteiger partial charge in [-0.15, -0.1) is 0 Å². The van der Waals surface area contributed by atoms with Crippen LogP contribution in [0.2, 0.25) is 0 Å². The molecule has 0 radical (unpaired) electrons. The van der Waals surface area contributed by atoms with Gasteiger partial charge in [-0.3, -0.25) is 0 Å². The lowest BCUT2D eigenvalue weighted by atomic mass is 9.82. The van der Waals surface area contributed by atoms with Gasteiger partial charge in [-0.1, -0.05) is 0 Å². The number of nitrogens with one attached hydrogen (secondary N) is 1. The van der Waals surface area contributed by atoms with Gasteiger partial charge in [-0.25, -0.2) is 0 Å². The summed E-state index contributed by atoms with van der Waals surface area (Å²) in [5.41, 5.74) is 1.04. The largest absolute Gasteiger partial charge is 0.497 e. The molecule has 0 amide bonds. The van der Waals surface area contributed by atoms with E-state index in [0.717, 1.165) is 49.4 Å². The second-order valence-electron chi connectivity index (χ2n) is 5.37. The fourth-order valence-corrected chi connectivity index (χ4v) is 3.12. The Balaban J connectivity index is 1.94. The molecular weight excluding hydrogens is 242 g/mol. The van der Waals surface area contributed by atoms with Gasteiger partial charge in [0.1, 0.15) is 17.1 Å². The van der Waals surface area contributed by atoms with Crippen molar-refractivity contribution < 1.29 is 14.2 Å². The number of rotatable bonds is 2. The summed E-state index contributed by atoms with van der Waals surface area (Å²) in [4.78, 5) is 0. The number of hydrogen-bond donors (Lipinski definition) is 1. The molecule has 0 aliphatic carbocycles.